The fourth-order valence-electron chi connectivity index (χ4n) is 6.56. The number of carbonyl (C=O) groups excluding carboxylic acids is 5. The highest BCUT2D eigenvalue weighted by atomic mass is 32.2. The van der Waals surface area contributed by atoms with E-state index in [0.717, 1.165) is 38.5 Å². The highest BCUT2D eigenvalue weighted by Gasteiger charge is 2.49. The first-order valence-corrected chi connectivity index (χ1v) is 18.6. The Morgan fingerprint density at radius 2 is 1.59 bits per heavy atom. The maximum atomic E-state index is 14.1. The zero-order chi connectivity index (χ0) is 34.4. The van der Waals surface area contributed by atoms with Crippen LogP contribution in [0, 0.1) is 5.41 Å². The van der Waals surface area contributed by atoms with Crippen molar-refractivity contribution in [2.45, 2.75) is 147 Å². The van der Waals surface area contributed by atoms with E-state index in [0.29, 0.717) is 45.1 Å². The van der Waals surface area contributed by atoms with Gasteiger partial charge in [0.25, 0.3) is 15.9 Å². The first-order valence-electron chi connectivity index (χ1n) is 17.0. The van der Waals surface area contributed by atoms with E-state index in [1.54, 1.807) is 21.0 Å². The smallest absolute Gasteiger partial charge is 0.315 e. The number of carbonyl (C=O) groups is 5. The van der Waals surface area contributed by atoms with Crippen LogP contribution in [0.25, 0.3) is 0 Å². The molecule has 5 amide bonds. The van der Waals surface area contributed by atoms with Gasteiger partial charge in [0.05, 0.1) is 25.7 Å². The number of hydrogen-bond donors (Lipinski definition) is 5. The lowest BCUT2D eigenvalue weighted by Crippen LogP contribution is -3.09. The molecule has 0 spiro atoms. The molecule has 2 saturated carbocycles. The summed E-state index contributed by atoms with van der Waals surface area (Å²) < 4.78 is 26.7. The van der Waals surface area contributed by atoms with E-state index in [1.807, 2.05) is 27.7 Å². The number of hydrogen-bond acceptors (Lipinski definition) is 7. The minimum absolute atomic E-state index is 0.00987. The van der Waals surface area contributed by atoms with Crippen LogP contribution in [0.1, 0.15) is 112 Å². The summed E-state index contributed by atoms with van der Waals surface area (Å²) in [5, 5.41) is 10.5. The fraction of sp³-hybridized carbons (Fsp3) is 0.844. The molecule has 0 aromatic carbocycles. The summed E-state index contributed by atoms with van der Waals surface area (Å²) in [5.41, 5.74) is -1.73. The Labute approximate surface area is 274 Å². The molecule has 0 aromatic rings. The predicted octanol–water partition coefficient (Wildman–Crippen LogP) is 0.780. The molecule has 0 radical (unpaired) electrons. The largest absolute Gasteiger partial charge is 0.347 e. The number of amides is 5. The fourth-order valence-corrected chi connectivity index (χ4v) is 8.16. The number of nitrogens with zero attached hydrogens (tertiary/aromatic N) is 1. The van der Waals surface area contributed by atoms with E-state index in [1.165, 1.54) is 4.90 Å². The van der Waals surface area contributed by atoms with Crippen molar-refractivity contribution >= 4 is 39.6 Å². The first-order chi connectivity index (χ1) is 21.4. The van der Waals surface area contributed by atoms with E-state index >= 15 is 0 Å². The van der Waals surface area contributed by atoms with Gasteiger partial charge in [-0.2, -0.15) is 8.42 Å². The maximum Gasteiger partial charge on any atom is 0.315 e. The van der Waals surface area contributed by atoms with Gasteiger partial charge in [-0.15, -0.1) is 0 Å². The molecule has 2 aliphatic carbocycles. The van der Waals surface area contributed by atoms with Crippen LogP contribution in [-0.2, 0) is 29.2 Å². The molecule has 13 nitrogen and oxygen atoms in total. The highest BCUT2D eigenvalue weighted by Crippen LogP contribution is 2.34. The molecule has 14 heteroatoms. The number of nitrogens with one attached hydrogen (secondary N) is 5. The van der Waals surface area contributed by atoms with E-state index in [9.17, 15) is 32.4 Å². The summed E-state index contributed by atoms with van der Waals surface area (Å²) in [4.78, 5) is 68.2. The van der Waals surface area contributed by atoms with Crippen molar-refractivity contribution in [2.75, 3.05) is 20.6 Å². The van der Waals surface area contributed by atoms with Crippen molar-refractivity contribution in [1.82, 2.24) is 26.2 Å². The molecule has 0 aromatic heterocycles. The average molecular weight is 670 g/mol. The molecule has 1 saturated heterocycles. The summed E-state index contributed by atoms with van der Waals surface area (Å²) in [6, 6.07) is -3.48. The van der Waals surface area contributed by atoms with Gasteiger partial charge in [0.2, 0.25) is 17.6 Å². The summed E-state index contributed by atoms with van der Waals surface area (Å²) in [7, 11) is -0.489. The minimum atomic E-state index is -3.61. The van der Waals surface area contributed by atoms with Gasteiger partial charge < -0.3 is 26.2 Å². The number of ketones is 1. The lowest BCUT2D eigenvalue weighted by atomic mass is 9.79. The molecule has 262 valence electrons. The third kappa shape index (κ3) is 9.20. The van der Waals surface area contributed by atoms with Crippen LogP contribution in [0.4, 0.5) is 4.79 Å². The zero-order valence-corrected chi connectivity index (χ0v) is 29.6. The summed E-state index contributed by atoms with van der Waals surface area (Å²) in [6.07, 6.45) is 7.87. The first kappa shape index (κ1) is 37.7. The second kappa shape index (κ2) is 15.4. The topological polar surface area (TPSA) is 175 Å². The summed E-state index contributed by atoms with van der Waals surface area (Å²) in [6.45, 7) is 9.35. The molecule has 1 heterocycles. The van der Waals surface area contributed by atoms with Crippen molar-refractivity contribution in [3.8, 4) is 0 Å². The molecule has 5 N–H and O–H groups in total. The zero-order valence-electron chi connectivity index (χ0n) is 28.8. The van der Waals surface area contributed by atoms with Crippen LogP contribution in [0.15, 0.2) is 0 Å². The maximum absolute atomic E-state index is 14.1. The normalized spacial score (nSPS) is 22.0. The quantitative estimate of drug-likeness (QED) is 0.170. The molecule has 3 rings (SSSR count). The molecule has 3 fully saturated rings. The number of sulfonamides is 1. The molecule has 4 atom stereocenters. The van der Waals surface area contributed by atoms with Crippen LogP contribution in [0.5, 0.6) is 0 Å². The lowest BCUT2D eigenvalue weighted by Gasteiger charge is -2.43. The third-order valence-corrected chi connectivity index (χ3v) is 12.3. The average Bonchev–Trinajstić information content (AvgIpc) is 3.66. The van der Waals surface area contributed by atoms with Crippen molar-refractivity contribution in [2.24, 2.45) is 5.41 Å². The van der Waals surface area contributed by atoms with Crippen molar-refractivity contribution in [3.63, 3.8) is 0 Å². The van der Waals surface area contributed by atoms with Crippen LogP contribution < -0.4 is 25.6 Å². The third-order valence-electron chi connectivity index (χ3n) is 9.76. The number of rotatable bonds is 14. The Kier molecular flexibility index (Phi) is 12.7. The van der Waals surface area contributed by atoms with Gasteiger partial charge in [0.1, 0.15) is 17.3 Å². The molecule has 46 heavy (non-hydrogen) atoms. The van der Waals surface area contributed by atoms with Crippen LogP contribution in [0.2, 0.25) is 0 Å². The van der Waals surface area contributed by atoms with E-state index in [4.69, 9.17) is 0 Å². The highest BCUT2D eigenvalue weighted by molar-refractivity contribution is 7.85. The van der Waals surface area contributed by atoms with Gasteiger partial charge in [-0.25, -0.2) is 9.10 Å². The van der Waals surface area contributed by atoms with Gasteiger partial charge in [0, 0.05) is 12.6 Å². The summed E-state index contributed by atoms with van der Waals surface area (Å²) in [5.74, 6) is -2.31. The monoisotopic (exact) mass is 669 g/mol. The van der Waals surface area contributed by atoms with Crippen LogP contribution in [0.3, 0.4) is 0 Å². The standard InChI is InChI=1S/C32H56N6O7S/c1-8-9-14-23(25(39)28(41)33-22-16-17-22)34-27(40)24-15-13-20-38(24)29(42)26(31(3,4)5)35-30(43)36-32(18-11-10-12-19-32)21(2)46(44,45)37(6)7/h21-24,26H,8-20H2,1-7H3,(H,33,41)(H,34,40)(H2,35,36,43)/p+1. The lowest BCUT2D eigenvalue weighted by molar-refractivity contribution is -0.718. The van der Waals surface area contributed by atoms with Gasteiger partial charge in [-0.05, 0) is 57.3 Å². The second-order valence-corrected chi connectivity index (χ2v) is 17.3. The molecule has 4 unspecified atom stereocenters. The Balaban J connectivity index is 1.77. The Bertz CT molecular complexity index is 1240. The number of likely N-dealkylation sites (tertiary alicyclic amines) is 1. The molecule has 1 aliphatic heterocycles. The van der Waals surface area contributed by atoms with Gasteiger partial charge in [0.15, 0.2) is 0 Å². The number of urea groups is 1. The van der Waals surface area contributed by atoms with Crippen molar-refractivity contribution < 1.29 is 36.7 Å². The molecular weight excluding hydrogens is 612 g/mol. The number of unbranched alkanes of at least 4 members (excludes halogenated alkanes) is 1. The van der Waals surface area contributed by atoms with E-state index < -0.39 is 73.9 Å². The van der Waals surface area contributed by atoms with Crippen molar-refractivity contribution in [3.05, 3.63) is 0 Å². The van der Waals surface area contributed by atoms with Crippen LogP contribution >= 0.6 is 0 Å². The summed E-state index contributed by atoms with van der Waals surface area (Å²) >= 11 is 0. The van der Waals surface area contributed by atoms with E-state index in [2.05, 4.69) is 21.3 Å². The molecule has 0 bridgehead atoms. The number of Topliss-reactive ketones (excluding diaryl/α,β-unsaturated/α-hetero) is 1. The van der Waals surface area contributed by atoms with Gasteiger partial charge >= 0.3 is 6.03 Å². The second-order valence-electron chi connectivity index (χ2n) is 14.7. The molecule has 3 aliphatic rings. The van der Waals surface area contributed by atoms with E-state index in [-0.39, 0.29) is 10.3 Å². The van der Waals surface area contributed by atoms with Gasteiger partial charge in [-0.3, -0.25) is 19.2 Å². The Morgan fingerprint density at radius 3 is 2.13 bits per heavy atom. The molecular formula is C32H57N6O7S+. The van der Waals surface area contributed by atoms with Crippen molar-refractivity contribution in [1.29, 1.82) is 0 Å². The number of quaternary nitrogens is 1. The van der Waals surface area contributed by atoms with Gasteiger partial charge in [-0.1, -0.05) is 59.8 Å². The Morgan fingerprint density at radius 1 is 0.957 bits per heavy atom. The SMILES string of the molecule is CCCCC(NC(=O)C1CCCN1C(=O)C(NC(=O)NC1(C(C)S(=O)(=O)[NH+](C)C)CCCCC1)C(C)(C)C)C(=O)C(=O)NC1CC1. The Hall–Kier alpha value is -2.74. The van der Waals surface area contributed by atoms with Crippen LogP contribution in [-0.4, -0.2) is 98.4 Å². The predicted molar refractivity (Wildman–Crippen MR) is 174 cm³/mol. The minimum Gasteiger partial charge on any atom is -0.347 e.